The first kappa shape index (κ1) is 16.1. The third kappa shape index (κ3) is 4.61. The van der Waals surface area contributed by atoms with Crippen LogP contribution in [0.2, 0.25) is 5.02 Å². The summed E-state index contributed by atoms with van der Waals surface area (Å²) in [6.45, 7) is 0.613. The minimum atomic E-state index is -4.48. The van der Waals surface area contributed by atoms with Gasteiger partial charge in [-0.15, -0.1) is 0 Å². The van der Waals surface area contributed by atoms with Gasteiger partial charge in [0.25, 0.3) is 0 Å². The monoisotopic (exact) mass is 321 g/mol. The first-order valence-corrected chi connectivity index (χ1v) is 7.02. The highest BCUT2D eigenvalue weighted by Crippen LogP contribution is 2.34. The third-order valence-corrected chi connectivity index (χ3v) is 3.58. The standard InChI is InChI=1S/C14H15ClF3NO2/c15-11-5-4-9(14(16,17)18)7-12(11)19-13(20)8-10-3-1-2-6-21-10/h4-5,7,10H,1-3,6,8H2,(H,19,20). The molecular formula is C14H15ClF3NO2. The summed E-state index contributed by atoms with van der Waals surface area (Å²) in [6, 6.07) is 2.83. The molecule has 2 rings (SSSR count). The molecule has 116 valence electrons. The fourth-order valence-electron chi connectivity index (χ4n) is 2.17. The Kier molecular flexibility index (Phi) is 5.11. The molecule has 1 heterocycles. The molecule has 3 nitrogen and oxygen atoms in total. The maximum atomic E-state index is 12.6. The molecule has 1 fully saturated rings. The van der Waals surface area contributed by atoms with Crippen molar-refractivity contribution in [1.82, 2.24) is 0 Å². The maximum Gasteiger partial charge on any atom is 0.416 e. The molecule has 0 bridgehead atoms. The van der Waals surface area contributed by atoms with Gasteiger partial charge >= 0.3 is 6.18 Å². The van der Waals surface area contributed by atoms with Gasteiger partial charge in [-0.25, -0.2) is 0 Å². The zero-order valence-corrected chi connectivity index (χ0v) is 11.9. The number of carbonyl (C=O) groups is 1. The van der Waals surface area contributed by atoms with Crippen LogP contribution in [0.25, 0.3) is 0 Å². The number of hydrogen-bond acceptors (Lipinski definition) is 2. The van der Waals surface area contributed by atoms with Crippen molar-refractivity contribution in [2.24, 2.45) is 0 Å². The fourth-order valence-corrected chi connectivity index (χ4v) is 2.34. The number of anilines is 1. The summed E-state index contributed by atoms with van der Waals surface area (Å²) in [5.41, 5.74) is -0.886. The van der Waals surface area contributed by atoms with E-state index in [1.807, 2.05) is 0 Å². The number of alkyl halides is 3. The van der Waals surface area contributed by atoms with Crippen LogP contribution in [0.3, 0.4) is 0 Å². The highest BCUT2D eigenvalue weighted by Gasteiger charge is 2.31. The van der Waals surface area contributed by atoms with Crippen LogP contribution in [-0.4, -0.2) is 18.6 Å². The average Bonchev–Trinajstić information content (AvgIpc) is 2.41. The van der Waals surface area contributed by atoms with Crippen LogP contribution in [-0.2, 0) is 15.7 Å². The van der Waals surface area contributed by atoms with E-state index in [1.165, 1.54) is 0 Å². The topological polar surface area (TPSA) is 38.3 Å². The average molecular weight is 322 g/mol. The smallest absolute Gasteiger partial charge is 0.378 e. The molecule has 1 amide bonds. The van der Waals surface area contributed by atoms with Gasteiger partial charge in [0.05, 0.1) is 28.8 Å². The van der Waals surface area contributed by atoms with Gasteiger partial charge in [-0.3, -0.25) is 4.79 Å². The van der Waals surface area contributed by atoms with E-state index in [4.69, 9.17) is 16.3 Å². The maximum absolute atomic E-state index is 12.6. The van der Waals surface area contributed by atoms with Gasteiger partial charge in [-0.2, -0.15) is 13.2 Å². The molecule has 1 aromatic carbocycles. The van der Waals surface area contributed by atoms with Crippen molar-refractivity contribution < 1.29 is 22.7 Å². The molecule has 0 aliphatic carbocycles. The zero-order valence-electron chi connectivity index (χ0n) is 11.2. The summed E-state index contributed by atoms with van der Waals surface area (Å²) in [5, 5.41) is 2.49. The number of rotatable bonds is 3. The van der Waals surface area contributed by atoms with Gasteiger partial charge in [0.2, 0.25) is 5.91 Å². The van der Waals surface area contributed by atoms with Gasteiger partial charge in [0.1, 0.15) is 0 Å². The van der Waals surface area contributed by atoms with Crippen LogP contribution in [0.4, 0.5) is 18.9 Å². The van der Waals surface area contributed by atoms with Crippen molar-refractivity contribution >= 4 is 23.2 Å². The molecule has 0 saturated carbocycles. The van der Waals surface area contributed by atoms with Crippen LogP contribution in [0.5, 0.6) is 0 Å². The number of halogens is 4. The van der Waals surface area contributed by atoms with Gasteiger partial charge in [-0.1, -0.05) is 11.6 Å². The number of carbonyl (C=O) groups excluding carboxylic acids is 1. The van der Waals surface area contributed by atoms with Gasteiger partial charge in [0, 0.05) is 6.61 Å². The van der Waals surface area contributed by atoms with Gasteiger partial charge in [-0.05, 0) is 37.5 Å². The Bertz CT molecular complexity index is 513. The molecule has 0 spiro atoms. The quantitative estimate of drug-likeness (QED) is 0.903. The fraction of sp³-hybridized carbons (Fsp3) is 0.500. The first-order valence-electron chi connectivity index (χ1n) is 6.64. The van der Waals surface area contributed by atoms with E-state index < -0.39 is 17.6 Å². The molecule has 7 heteroatoms. The molecule has 0 aromatic heterocycles. The molecule has 1 unspecified atom stereocenters. The minimum absolute atomic E-state index is 0.0349. The lowest BCUT2D eigenvalue weighted by Gasteiger charge is -2.22. The van der Waals surface area contributed by atoms with E-state index in [2.05, 4.69) is 5.32 Å². The highest BCUT2D eigenvalue weighted by molar-refractivity contribution is 6.33. The van der Waals surface area contributed by atoms with Crippen molar-refractivity contribution in [3.63, 3.8) is 0 Å². The molecule has 21 heavy (non-hydrogen) atoms. The molecule has 1 saturated heterocycles. The summed E-state index contributed by atoms with van der Waals surface area (Å²) in [4.78, 5) is 11.9. The van der Waals surface area contributed by atoms with Crippen molar-refractivity contribution in [3.05, 3.63) is 28.8 Å². The highest BCUT2D eigenvalue weighted by atomic mass is 35.5. The second kappa shape index (κ2) is 6.66. The summed E-state index contributed by atoms with van der Waals surface area (Å²) in [5.74, 6) is -0.400. The summed E-state index contributed by atoms with van der Waals surface area (Å²) in [6.07, 6.45) is -1.80. The van der Waals surface area contributed by atoms with Crippen LogP contribution in [0.1, 0.15) is 31.2 Å². The number of nitrogens with one attached hydrogen (secondary N) is 1. The van der Waals surface area contributed by atoms with Gasteiger partial charge < -0.3 is 10.1 Å². The van der Waals surface area contributed by atoms with E-state index in [0.717, 1.165) is 37.5 Å². The van der Waals surface area contributed by atoms with Crippen molar-refractivity contribution in [2.45, 2.75) is 38.0 Å². The molecule has 1 aromatic rings. The molecular weight excluding hydrogens is 307 g/mol. The second-order valence-electron chi connectivity index (χ2n) is 4.93. The Labute approximate surface area is 125 Å². The molecule has 1 aliphatic rings. The Balaban J connectivity index is 2.02. The number of benzene rings is 1. The van der Waals surface area contributed by atoms with Crippen molar-refractivity contribution in [1.29, 1.82) is 0 Å². The van der Waals surface area contributed by atoms with Crippen LogP contribution in [0.15, 0.2) is 18.2 Å². The number of amides is 1. The van der Waals surface area contributed by atoms with Crippen LogP contribution < -0.4 is 5.32 Å². The van der Waals surface area contributed by atoms with E-state index in [9.17, 15) is 18.0 Å². The van der Waals surface area contributed by atoms with Crippen LogP contribution >= 0.6 is 11.6 Å². The van der Waals surface area contributed by atoms with E-state index >= 15 is 0 Å². The molecule has 1 N–H and O–H groups in total. The van der Waals surface area contributed by atoms with Crippen molar-refractivity contribution in [3.8, 4) is 0 Å². The molecule has 0 radical (unpaired) electrons. The lowest BCUT2D eigenvalue weighted by molar-refractivity contribution is -0.137. The van der Waals surface area contributed by atoms with Crippen molar-refractivity contribution in [2.75, 3.05) is 11.9 Å². The second-order valence-corrected chi connectivity index (χ2v) is 5.34. The lowest BCUT2D eigenvalue weighted by atomic mass is 10.1. The van der Waals surface area contributed by atoms with E-state index in [1.54, 1.807) is 0 Å². The predicted molar refractivity (Wildman–Crippen MR) is 73.3 cm³/mol. The molecule has 1 aliphatic heterocycles. The van der Waals surface area contributed by atoms with Gasteiger partial charge in [0.15, 0.2) is 0 Å². The first-order chi connectivity index (χ1) is 9.86. The van der Waals surface area contributed by atoms with E-state index in [-0.39, 0.29) is 23.2 Å². The SMILES string of the molecule is O=C(CC1CCCCO1)Nc1cc(C(F)(F)F)ccc1Cl. The number of hydrogen-bond donors (Lipinski definition) is 1. The summed E-state index contributed by atoms with van der Waals surface area (Å²) >= 11 is 5.82. The normalized spacial score (nSPS) is 19.3. The molecule has 1 atom stereocenters. The summed E-state index contributed by atoms with van der Waals surface area (Å²) < 4.78 is 43.3. The van der Waals surface area contributed by atoms with Crippen LogP contribution in [0, 0.1) is 0 Å². The van der Waals surface area contributed by atoms with E-state index in [0.29, 0.717) is 6.61 Å². The predicted octanol–water partition coefficient (Wildman–Crippen LogP) is 4.26. The Morgan fingerprint density at radius 3 is 2.76 bits per heavy atom. The largest absolute Gasteiger partial charge is 0.416 e. The zero-order chi connectivity index (χ0) is 15.5. The number of ether oxygens (including phenoxy) is 1. The summed E-state index contributed by atoms with van der Waals surface area (Å²) in [7, 11) is 0. The Morgan fingerprint density at radius 1 is 1.38 bits per heavy atom. The Hall–Kier alpha value is -1.27. The lowest BCUT2D eigenvalue weighted by Crippen LogP contribution is -2.25. The third-order valence-electron chi connectivity index (χ3n) is 3.25. The Morgan fingerprint density at radius 2 is 2.14 bits per heavy atom. The minimum Gasteiger partial charge on any atom is -0.378 e.